The van der Waals surface area contributed by atoms with Crippen LogP contribution in [-0.4, -0.2) is 50.0 Å². The summed E-state index contributed by atoms with van der Waals surface area (Å²) in [4.78, 5) is 50.8. The van der Waals surface area contributed by atoms with Crippen molar-refractivity contribution in [2.45, 2.75) is 58.8 Å². The van der Waals surface area contributed by atoms with E-state index in [4.69, 9.17) is 14.2 Å². The number of nitrogens with one attached hydrogen (secondary N) is 3. The standard InChI is InChI=1S/C28H37N3O7/c1-6-23(25(32)27(34)29-16-20-13-21(36-4)15-22(14-20)37-5)30-26(33)24(12-18(2)3)31-28(35)38-17-19-10-8-7-9-11-19/h7-11,13-15,18,23-24H,6,12,16-17H2,1-5H3,(H,29,34)(H,30,33)(H,31,35)/t23-,24+/m1/s1. The number of Topliss-reactive ketones (excluding diaryl/α,β-unsaturated/α-hetero) is 1. The van der Waals surface area contributed by atoms with Crippen LogP contribution in [0.5, 0.6) is 11.5 Å². The van der Waals surface area contributed by atoms with E-state index in [0.717, 1.165) is 5.56 Å². The lowest BCUT2D eigenvalue weighted by Gasteiger charge is -2.23. The first kappa shape index (κ1) is 30.1. The monoisotopic (exact) mass is 527 g/mol. The van der Waals surface area contributed by atoms with E-state index in [0.29, 0.717) is 23.5 Å². The number of carbonyl (C=O) groups excluding carboxylic acids is 4. The van der Waals surface area contributed by atoms with Crippen LogP contribution in [0.25, 0.3) is 0 Å². The van der Waals surface area contributed by atoms with E-state index in [-0.39, 0.29) is 25.5 Å². The van der Waals surface area contributed by atoms with Crippen LogP contribution in [0.3, 0.4) is 0 Å². The number of hydrogen-bond donors (Lipinski definition) is 3. The average molecular weight is 528 g/mol. The first-order chi connectivity index (χ1) is 18.2. The van der Waals surface area contributed by atoms with Gasteiger partial charge in [0.1, 0.15) is 24.1 Å². The van der Waals surface area contributed by atoms with Crippen molar-refractivity contribution in [1.82, 2.24) is 16.0 Å². The summed E-state index contributed by atoms with van der Waals surface area (Å²) in [5.41, 5.74) is 1.48. The predicted octanol–water partition coefficient (Wildman–Crippen LogP) is 3.13. The summed E-state index contributed by atoms with van der Waals surface area (Å²) in [5.74, 6) is -1.03. The Morgan fingerprint density at radius 2 is 1.47 bits per heavy atom. The van der Waals surface area contributed by atoms with Gasteiger partial charge in [-0.25, -0.2) is 4.79 Å². The molecule has 206 valence electrons. The smallest absolute Gasteiger partial charge is 0.408 e. The normalized spacial score (nSPS) is 12.2. The number of ether oxygens (including phenoxy) is 3. The lowest BCUT2D eigenvalue weighted by Crippen LogP contribution is -2.54. The average Bonchev–Trinajstić information content (AvgIpc) is 2.92. The molecule has 0 radical (unpaired) electrons. The van der Waals surface area contributed by atoms with Gasteiger partial charge in [-0.1, -0.05) is 51.1 Å². The molecule has 2 aromatic rings. The van der Waals surface area contributed by atoms with Crippen molar-refractivity contribution in [3.8, 4) is 11.5 Å². The molecule has 2 aromatic carbocycles. The van der Waals surface area contributed by atoms with Crippen LogP contribution in [-0.2, 0) is 32.3 Å². The fourth-order valence-electron chi connectivity index (χ4n) is 3.63. The van der Waals surface area contributed by atoms with Crippen LogP contribution in [0.1, 0.15) is 44.7 Å². The predicted molar refractivity (Wildman–Crippen MR) is 142 cm³/mol. The lowest BCUT2D eigenvalue weighted by molar-refractivity contribution is -0.140. The molecule has 10 heteroatoms. The zero-order chi connectivity index (χ0) is 28.1. The molecule has 0 unspecified atom stereocenters. The SMILES string of the molecule is CC[C@@H](NC(=O)[C@H](CC(C)C)NC(=O)OCc1ccccc1)C(=O)C(=O)NCc1cc(OC)cc(OC)c1. The van der Waals surface area contributed by atoms with Crippen molar-refractivity contribution in [3.63, 3.8) is 0 Å². The van der Waals surface area contributed by atoms with E-state index in [1.165, 1.54) is 14.2 Å². The van der Waals surface area contributed by atoms with Gasteiger partial charge in [0.15, 0.2) is 0 Å². The van der Waals surface area contributed by atoms with Gasteiger partial charge < -0.3 is 30.2 Å². The number of methoxy groups -OCH3 is 2. The minimum absolute atomic E-state index is 0.0537. The quantitative estimate of drug-likeness (QED) is 0.322. The molecule has 3 amide bonds. The van der Waals surface area contributed by atoms with Gasteiger partial charge in [0.2, 0.25) is 11.7 Å². The summed E-state index contributed by atoms with van der Waals surface area (Å²) < 4.78 is 15.7. The van der Waals surface area contributed by atoms with E-state index in [9.17, 15) is 19.2 Å². The van der Waals surface area contributed by atoms with Gasteiger partial charge in [0.05, 0.1) is 20.3 Å². The molecule has 2 atom stereocenters. The number of hydrogen-bond acceptors (Lipinski definition) is 7. The fraction of sp³-hybridized carbons (Fsp3) is 0.429. The van der Waals surface area contributed by atoms with Gasteiger partial charge in [-0.2, -0.15) is 0 Å². The van der Waals surface area contributed by atoms with Crippen molar-refractivity contribution < 1.29 is 33.4 Å². The van der Waals surface area contributed by atoms with Crippen LogP contribution in [0, 0.1) is 5.92 Å². The molecule has 0 aliphatic rings. The Balaban J connectivity index is 1.97. The molecule has 3 N–H and O–H groups in total. The van der Waals surface area contributed by atoms with Crippen LogP contribution in [0.2, 0.25) is 0 Å². The van der Waals surface area contributed by atoms with Gasteiger partial charge in [-0.05, 0) is 42.0 Å². The number of alkyl carbamates (subject to hydrolysis) is 1. The van der Waals surface area contributed by atoms with Crippen LogP contribution >= 0.6 is 0 Å². The Kier molecular flexibility index (Phi) is 12.1. The third kappa shape index (κ3) is 9.76. The van der Waals surface area contributed by atoms with E-state index < -0.39 is 35.8 Å². The maximum Gasteiger partial charge on any atom is 0.408 e. The summed E-state index contributed by atoms with van der Waals surface area (Å²) in [6.45, 7) is 5.61. The third-order valence-corrected chi connectivity index (χ3v) is 5.66. The van der Waals surface area contributed by atoms with Crippen molar-refractivity contribution in [3.05, 3.63) is 59.7 Å². The number of ketones is 1. The fourth-order valence-corrected chi connectivity index (χ4v) is 3.63. The van der Waals surface area contributed by atoms with E-state index in [1.54, 1.807) is 25.1 Å². The molecule has 0 fully saturated rings. The highest BCUT2D eigenvalue weighted by molar-refractivity contribution is 6.38. The molecule has 0 heterocycles. The Morgan fingerprint density at radius 1 is 0.842 bits per heavy atom. The third-order valence-electron chi connectivity index (χ3n) is 5.66. The number of carbonyl (C=O) groups is 4. The number of rotatable bonds is 14. The minimum atomic E-state index is -1.06. The highest BCUT2D eigenvalue weighted by Crippen LogP contribution is 2.22. The molecule has 0 aliphatic heterocycles. The Labute approximate surface area is 223 Å². The minimum Gasteiger partial charge on any atom is -0.497 e. The van der Waals surface area contributed by atoms with Gasteiger partial charge >= 0.3 is 6.09 Å². The largest absolute Gasteiger partial charge is 0.497 e. The summed E-state index contributed by atoms with van der Waals surface area (Å²) in [7, 11) is 3.03. The summed E-state index contributed by atoms with van der Waals surface area (Å²) in [5, 5.41) is 7.76. The Hall–Kier alpha value is -4.08. The molecule has 38 heavy (non-hydrogen) atoms. The summed E-state index contributed by atoms with van der Waals surface area (Å²) >= 11 is 0. The maximum absolute atomic E-state index is 13.0. The van der Waals surface area contributed by atoms with E-state index in [2.05, 4.69) is 16.0 Å². The molecule has 2 rings (SSSR count). The summed E-state index contributed by atoms with van der Waals surface area (Å²) in [6, 6.07) is 12.3. The molecule has 0 spiro atoms. The molecule has 10 nitrogen and oxygen atoms in total. The highest BCUT2D eigenvalue weighted by atomic mass is 16.5. The second-order valence-electron chi connectivity index (χ2n) is 9.13. The van der Waals surface area contributed by atoms with Crippen molar-refractivity contribution in [2.75, 3.05) is 14.2 Å². The van der Waals surface area contributed by atoms with E-state index in [1.807, 2.05) is 44.2 Å². The van der Waals surface area contributed by atoms with Crippen LogP contribution in [0.4, 0.5) is 4.79 Å². The van der Waals surface area contributed by atoms with Gasteiger partial charge in [-0.3, -0.25) is 14.4 Å². The maximum atomic E-state index is 13.0. The second-order valence-corrected chi connectivity index (χ2v) is 9.13. The first-order valence-electron chi connectivity index (χ1n) is 12.5. The zero-order valence-corrected chi connectivity index (χ0v) is 22.5. The Morgan fingerprint density at radius 3 is 2.03 bits per heavy atom. The van der Waals surface area contributed by atoms with Crippen LogP contribution in [0.15, 0.2) is 48.5 Å². The number of amides is 3. The van der Waals surface area contributed by atoms with Crippen LogP contribution < -0.4 is 25.4 Å². The molecule has 0 saturated heterocycles. The van der Waals surface area contributed by atoms with Gasteiger partial charge in [-0.15, -0.1) is 0 Å². The molecule has 0 saturated carbocycles. The molecular formula is C28H37N3O7. The van der Waals surface area contributed by atoms with Gasteiger partial charge in [0, 0.05) is 12.6 Å². The van der Waals surface area contributed by atoms with Crippen molar-refractivity contribution in [1.29, 1.82) is 0 Å². The molecule has 0 bridgehead atoms. The second kappa shape index (κ2) is 15.2. The molecular weight excluding hydrogens is 490 g/mol. The Bertz CT molecular complexity index is 1070. The topological polar surface area (TPSA) is 132 Å². The van der Waals surface area contributed by atoms with Gasteiger partial charge in [0.25, 0.3) is 5.91 Å². The lowest BCUT2D eigenvalue weighted by atomic mass is 10.0. The van der Waals surface area contributed by atoms with E-state index >= 15 is 0 Å². The molecule has 0 aliphatic carbocycles. The summed E-state index contributed by atoms with van der Waals surface area (Å²) in [6.07, 6.45) is -0.237. The zero-order valence-electron chi connectivity index (χ0n) is 22.5. The van der Waals surface area contributed by atoms with Crippen molar-refractivity contribution in [2.24, 2.45) is 5.92 Å². The van der Waals surface area contributed by atoms with Crippen molar-refractivity contribution >= 4 is 23.7 Å². The first-order valence-corrected chi connectivity index (χ1v) is 12.5. The number of benzene rings is 2. The molecule has 0 aromatic heterocycles. The highest BCUT2D eigenvalue weighted by Gasteiger charge is 2.29.